The first-order valence-electron chi connectivity index (χ1n) is 10.9. The van der Waals surface area contributed by atoms with Crippen molar-refractivity contribution < 1.29 is 9.53 Å². The third kappa shape index (κ3) is 4.90. The van der Waals surface area contributed by atoms with Crippen molar-refractivity contribution in [3.05, 3.63) is 29.8 Å². The number of benzene rings is 1. The summed E-state index contributed by atoms with van der Waals surface area (Å²) < 4.78 is 5.50. The van der Waals surface area contributed by atoms with Gasteiger partial charge < -0.3 is 19.9 Å². The van der Waals surface area contributed by atoms with Gasteiger partial charge in [0.25, 0.3) is 0 Å². The van der Waals surface area contributed by atoms with Crippen LogP contribution in [-0.2, 0) is 16.0 Å². The summed E-state index contributed by atoms with van der Waals surface area (Å²) in [6, 6.07) is 8.23. The maximum Gasteiger partial charge on any atom is 0.246 e. The molecule has 0 spiro atoms. The first-order valence-corrected chi connectivity index (χ1v) is 10.9. The predicted octanol–water partition coefficient (Wildman–Crippen LogP) is 1.20. The van der Waals surface area contributed by atoms with Gasteiger partial charge in [-0.1, -0.05) is 18.2 Å². The van der Waals surface area contributed by atoms with E-state index in [-0.39, 0.29) is 12.5 Å². The van der Waals surface area contributed by atoms with E-state index >= 15 is 0 Å². The van der Waals surface area contributed by atoms with E-state index in [9.17, 15) is 4.79 Å². The molecule has 4 rings (SSSR count). The van der Waals surface area contributed by atoms with Crippen molar-refractivity contribution in [3.63, 3.8) is 0 Å². The van der Waals surface area contributed by atoms with Crippen LogP contribution in [0.15, 0.2) is 29.3 Å². The molecule has 7 heteroatoms. The van der Waals surface area contributed by atoms with Crippen LogP contribution in [0, 0.1) is 5.92 Å². The summed E-state index contributed by atoms with van der Waals surface area (Å²) in [5.41, 5.74) is 2.32. The van der Waals surface area contributed by atoms with Gasteiger partial charge in [-0.3, -0.25) is 14.7 Å². The Hall–Kier alpha value is -2.12. The van der Waals surface area contributed by atoms with Crippen LogP contribution in [-0.4, -0.2) is 87.7 Å². The molecule has 2 saturated heterocycles. The minimum Gasteiger partial charge on any atom is -0.381 e. The summed E-state index contributed by atoms with van der Waals surface area (Å²) in [5.74, 6) is 1.62. The van der Waals surface area contributed by atoms with E-state index in [0.29, 0.717) is 5.92 Å². The molecule has 1 unspecified atom stereocenters. The predicted molar refractivity (Wildman–Crippen MR) is 115 cm³/mol. The number of piperazine rings is 1. The van der Waals surface area contributed by atoms with Crippen molar-refractivity contribution in [1.29, 1.82) is 0 Å². The van der Waals surface area contributed by atoms with Crippen molar-refractivity contribution in [2.45, 2.75) is 19.3 Å². The summed E-state index contributed by atoms with van der Waals surface area (Å²) >= 11 is 0. The molecule has 7 nitrogen and oxygen atoms in total. The molecule has 3 heterocycles. The molecule has 1 N–H and O–H groups in total. The number of anilines is 1. The molecule has 29 heavy (non-hydrogen) atoms. The van der Waals surface area contributed by atoms with Crippen molar-refractivity contribution >= 4 is 17.6 Å². The average molecular weight is 400 g/mol. The van der Waals surface area contributed by atoms with Gasteiger partial charge in [0.15, 0.2) is 5.96 Å². The second-order valence-electron chi connectivity index (χ2n) is 8.20. The molecule has 0 bridgehead atoms. The zero-order valence-electron chi connectivity index (χ0n) is 17.5. The van der Waals surface area contributed by atoms with E-state index < -0.39 is 0 Å². The van der Waals surface area contributed by atoms with Gasteiger partial charge in [-0.15, -0.1) is 0 Å². The first kappa shape index (κ1) is 20.2. The fourth-order valence-corrected chi connectivity index (χ4v) is 4.61. The molecular weight excluding hydrogens is 366 g/mol. The largest absolute Gasteiger partial charge is 0.381 e. The lowest BCUT2D eigenvalue weighted by atomic mass is 10.0. The molecule has 1 atom stereocenters. The minimum atomic E-state index is 0.109. The number of hydrogen-bond donors (Lipinski definition) is 1. The van der Waals surface area contributed by atoms with Crippen molar-refractivity contribution in [2.75, 3.05) is 71.0 Å². The number of aryl methyl sites for hydroxylation is 1. The van der Waals surface area contributed by atoms with Gasteiger partial charge in [0.1, 0.15) is 0 Å². The lowest BCUT2D eigenvalue weighted by molar-refractivity contribution is -0.117. The monoisotopic (exact) mass is 399 g/mol. The van der Waals surface area contributed by atoms with E-state index in [0.717, 1.165) is 77.0 Å². The standard InChI is InChI=1S/C22H33N5O2/c1-23-22(26-12-10-25(11-13-26)16-18-8-14-29-17-18)24-15-21(28)27-9-4-6-19-5-2-3-7-20(19)27/h2-3,5,7,18H,4,6,8-17H2,1H3,(H,23,24). The van der Waals surface area contributed by atoms with Gasteiger partial charge in [0, 0.05) is 58.6 Å². The number of nitrogens with one attached hydrogen (secondary N) is 1. The van der Waals surface area contributed by atoms with Gasteiger partial charge in [-0.05, 0) is 36.8 Å². The number of carbonyl (C=O) groups excluding carboxylic acids is 1. The number of rotatable bonds is 4. The zero-order chi connectivity index (χ0) is 20.1. The number of fused-ring (bicyclic) bond motifs is 1. The van der Waals surface area contributed by atoms with Gasteiger partial charge in [0.05, 0.1) is 13.2 Å². The first-order chi connectivity index (χ1) is 14.2. The highest BCUT2D eigenvalue weighted by atomic mass is 16.5. The SMILES string of the molecule is CN=C(NCC(=O)N1CCCc2ccccc21)N1CCN(CC2CCOC2)CC1. The molecule has 3 aliphatic heterocycles. The number of hydrogen-bond acceptors (Lipinski definition) is 4. The second-order valence-corrected chi connectivity index (χ2v) is 8.20. The van der Waals surface area contributed by atoms with Gasteiger partial charge >= 0.3 is 0 Å². The zero-order valence-corrected chi connectivity index (χ0v) is 17.5. The van der Waals surface area contributed by atoms with Gasteiger partial charge in [-0.2, -0.15) is 0 Å². The minimum absolute atomic E-state index is 0.109. The quantitative estimate of drug-likeness (QED) is 0.609. The Kier molecular flexibility index (Phi) is 6.67. The molecule has 0 aliphatic carbocycles. The van der Waals surface area contributed by atoms with Crippen molar-refractivity contribution in [2.24, 2.45) is 10.9 Å². The van der Waals surface area contributed by atoms with Crippen LogP contribution >= 0.6 is 0 Å². The van der Waals surface area contributed by atoms with E-state index in [4.69, 9.17) is 4.74 Å². The molecule has 1 aromatic carbocycles. The van der Waals surface area contributed by atoms with Crippen LogP contribution in [0.3, 0.4) is 0 Å². The van der Waals surface area contributed by atoms with E-state index in [1.54, 1.807) is 7.05 Å². The Morgan fingerprint density at radius 3 is 2.79 bits per heavy atom. The fourth-order valence-electron chi connectivity index (χ4n) is 4.61. The third-order valence-corrected chi connectivity index (χ3v) is 6.23. The van der Waals surface area contributed by atoms with Crippen LogP contribution in [0.4, 0.5) is 5.69 Å². The normalized spacial score (nSPS) is 23.2. The van der Waals surface area contributed by atoms with Crippen LogP contribution in [0.1, 0.15) is 18.4 Å². The molecular formula is C22H33N5O2. The highest BCUT2D eigenvalue weighted by Crippen LogP contribution is 2.26. The molecule has 0 aromatic heterocycles. The molecule has 1 aromatic rings. The Balaban J connectivity index is 1.26. The smallest absolute Gasteiger partial charge is 0.246 e. The van der Waals surface area contributed by atoms with E-state index in [1.807, 2.05) is 17.0 Å². The van der Waals surface area contributed by atoms with Crippen LogP contribution < -0.4 is 10.2 Å². The Bertz CT molecular complexity index is 724. The topological polar surface area (TPSA) is 60.4 Å². The summed E-state index contributed by atoms with van der Waals surface area (Å²) in [6.45, 7) is 7.96. The summed E-state index contributed by atoms with van der Waals surface area (Å²) in [6.07, 6.45) is 3.25. The summed E-state index contributed by atoms with van der Waals surface area (Å²) in [7, 11) is 1.80. The third-order valence-electron chi connectivity index (χ3n) is 6.23. The molecule has 158 valence electrons. The van der Waals surface area contributed by atoms with Gasteiger partial charge in [-0.25, -0.2) is 0 Å². The van der Waals surface area contributed by atoms with E-state index in [2.05, 4.69) is 32.2 Å². The number of carbonyl (C=O) groups is 1. The fraction of sp³-hybridized carbons (Fsp3) is 0.636. The molecule has 1 amide bonds. The molecule has 2 fully saturated rings. The number of para-hydroxylation sites is 1. The summed E-state index contributed by atoms with van der Waals surface area (Å²) in [4.78, 5) is 24.0. The maximum absolute atomic E-state index is 12.9. The number of aliphatic imine (C=N–C) groups is 1. The lowest BCUT2D eigenvalue weighted by Crippen LogP contribution is -2.54. The number of nitrogens with zero attached hydrogens (tertiary/aromatic N) is 4. The number of guanidine groups is 1. The molecule has 3 aliphatic rings. The Morgan fingerprint density at radius 1 is 1.21 bits per heavy atom. The highest BCUT2D eigenvalue weighted by molar-refractivity contribution is 5.98. The van der Waals surface area contributed by atoms with Crippen molar-refractivity contribution in [3.8, 4) is 0 Å². The summed E-state index contributed by atoms with van der Waals surface area (Å²) in [5, 5.41) is 3.30. The maximum atomic E-state index is 12.9. The number of amides is 1. The van der Waals surface area contributed by atoms with Crippen LogP contribution in [0.25, 0.3) is 0 Å². The van der Waals surface area contributed by atoms with Crippen LogP contribution in [0.5, 0.6) is 0 Å². The van der Waals surface area contributed by atoms with Crippen LogP contribution in [0.2, 0.25) is 0 Å². The van der Waals surface area contributed by atoms with Gasteiger partial charge in [0.2, 0.25) is 5.91 Å². The number of ether oxygens (including phenoxy) is 1. The second kappa shape index (κ2) is 9.59. The molecule has 0 radical (unpaired) electrons. The molecule has 0 saturated carbocycles. The average Bonchev–Trinajstić information content (AvgIpc) is 3.27. The Labute approximate surface area is 173 Å². The highest BCUT2D eigenvalue weighted by Gasteiger charge is 2.25. The van der Waals surface area contributed by atoms with Crippen molar-refractivity contribution in [1.82, 2.24) is 15.1 Å². The van der Waals surface area contributed by atoms with E-state index in [1.165, 1.54) is 12.0 Å². The Morgan fingerprint density at radius 2 is 2.03 bits per heavy atom. The lowest BCUT2D eigenvalue weighted by Gasteiger charge is -2.37.